The lowest BCUT2D eigenvalue weighted by atomic mass is 10.1. The zero-order valence-corrected chi connectivity index (χ0v) is 16.1. The predicted molar refractivity (Wildman–Crippen MR) is 96.9 cm³/mol. The lowest BCUT2D eigenvalue weighted by Gasteiger charge is -2.19. The summed E-state index contributed by atoms with van der Waals surface area (Å²) < 4.78 is 39.6. The van der Waals surface area contributed by atoms with Crippen LogP contribution < -0.4 is 5.32 Å². The number of amides is 1. The smallest absolute Gasteiger partial charge is 0.243 e. The van der Waals surface area contributed by atoms with Crippen molar-refractivity contribution >= 4 is 31.9 Å². The molecule has 0 radical (unpaired) electrons. The number of hydrogen-bond acceptors (Lipinski definition) is 3. The fraction of sp³-hybridized carbons (Fsp3) is 0.235. The number of nitrogens with one attached hydrogen (secondary N) is 1. The van der Waals surface area contributed by atoms with E-state index in [-0.39, 0.29) is 23.3 Å². The number of rotatable bonds is 6. The van der Waals surface area contributed by atoms with Crippen LogP contribution in [0.2, 0.25) is 0 Å². The Labute approximate surface area is 155 Å². The van der Waals surface area contributed by atoms with Gasteiger partial charge < -0.3 is 5.32 Å². The van der Waals surface area contributed by atoms with Crippen LogP contribution in [0, 0.1) is 5.82 Å². The molecule has 0 saturated heterocycles. The van der Waals surface area contributed by atoms with Gasteiger partial charge in [0.05, 0.1) is 17.5 Å². The standard InChI is InChI=1S/C17H18BrFN2O3S/c1-12(13-3-7-15(19)8-4-13)20-17(22)11-21(2)25(23,24)16-9-5-14(18)6-10-16/h3-10,12H,11H2,1-2H3,(H,20,22)/t12-/m1/s1. The van der Waals surface area contributed by atoms with Crippen LogP contribution in [0.15, 0.2) is 57.9 Å². The van der Waals surface area contributed by atoms with Crippen LogP contribution in [0.1, 0.15) is 18.5 Å². The summed E-state index contributed by atoms with van der Waals surface area (Å²) in [6, 6.07) is 11.6. The van der Waals surface area contributed by atoms with Crippen LogP contribution in [0.4, 0.5) is 4.39 Å². The molecule has 0 spiro atoms. The molecule has 0 bridgehead atoms. The number of halogens is 2. The van der Waals surface area contributed by atoms with Gasteiger partial charge in [-0.3, -0.25) is 4.79 Å². The van der Waals surface area contributed by atoms with Gasteiger partial charge in [0.1, 0.15) is 5.82 Å². The zero-order chi connectivity index (χ0) is 18.6. The SMILES string of the molecule is C[C@@H](NC(=O)CN(C)S(=O)(=O)c1ccc(Br)cc1)c1ccc(F)cc1. The molecule has 134 valence electrons. The summed E-state index contributed by atoms with van der Waals surface area (Å²) in [6.07, 6.45) is 0. The summed E-state index contributed by atoms with van der Waals surface area (Å²) in [7, 11) is -2.41. The number of carbonyl (C=O) groups is 1. The minimum absolute atomic E-state index is 0.109. The lowest BCUT2D eigenvalue weighted by molar-refractivity contribution is -0.121. The molecule has 0 saturated carbocycles. The fourth-order valence-electron chi connectivity index (χ4n) is 2.20. The Bertz CT molecular complexity index is 839. The van der Waals surface area contributed by atoms with E-state index in [1.165, 1.54) is 31.3 Å². The first-order valence-electron chi connectivity index (χ1n) is 7.47. The second kappa shape index (κ2) is 8.07. The molecular formula is C17H18BrFN2O3S. The molecule has 0 aliphatic rings. The zero-order valence-electron chi connectivity index (χ0n) is 13.7. The number of likely N-dealkylation sites (N-methyl/N-ethyl adjacent to an activating group) is 1. The Morgan fingerprint density at radius 2 is 1.72 bits per heavy atom. The van der Waals surface area contributed by atoms with Crippen molar-refractivity contribution < 1.29 is 17.6 Å². The van der Waals surface area contributed by atoms with Gasteiger partial charge in [-0.15, -0.1) is 0 Å². The first kappa shape index (κ1) is 19.6. The molecule has 2 aromatic rings. The number of sulfonamides is 1. The van der Waals surface area contributed by atoms with E-state index in [0.29, 0.717) is 0 Å². The third-order valence-corrected chi connectivity index (χ3v) is 5.98. The molecule has 1 atom stereocenters. The van der Waals surface area contributed by atoms with Crippen molar-refractivity contribution in [3.8, 4) is 0 Å². The molecule has 1 amide bonds. The maximum absolute atomic E-state index is 12.9. The molecule has 0 aromatic heterocycles. The van der Waals surface area contributed by atoms with E-state index in [1.807, 2.05) is 0 Å². The van der Waals surface area contributed by atoms with Gasteiger partial charge in [0.2, 0.25) is 15.9 Å². The van der Waals surface area contributed by atoms with Crippen LogP contribution in [-0.4, -0.2) is 32.2 Å². The van der Waals surface area contributed by atoms with E-state index < -0.39 is 15.9 Å². The third kappa shape index (κ3) is 5.10. The molecule has 25 heavy (non-hydrogen) atoms. The van der Waals surface area contributed by atoms with Crippen molar-refractivity contribution in [2.75, 3.05) is 13.6 Å². The van der Waals surface area contributed by atoms with Crippen molar-refractivity contribution in [1.29, 1.82) is 0 Å². The van der Waals surface area contributed by atoms with Crippen LogP contribution in [-0.2, 0) is 14.8 Å². The van der Waals surface area contributed by atoms with E-state index in [9.17, 15) is 17.6 Å². The minimum Gasteiger partial charge on any atom is -0.348 e. The van der Waals surface area contributed by atoms with Crippen molar-refractivity contribution in [1.82, 2.24) is 9.62 Å². The minimum atomic E-state index is -3.75. The number of hydrogen-bond donors (Lipinski definition) is 1. The maximum atomic E-state index is 12.9. The van der Waals surface area contributed by atoms with Gasteiger partial charge in [0.15, 0.2) is 0 Å². The molecule has 0 heterocycles. The van der Waals surface area contributed by atoms with E-state index in [1.54, 1.807) is 31.2 Å². The third-order valence-electron chi connectivity index (χ3n) is 3.64. The summed E-state index contributed by atoms with van der Waals surface area (Å²) in [5.41, 5.74) is 0.730. The molecule has 2 rings (SSSR count). The number of benzene rings is 2. The van der Waals surface area contributed by atoms with E-state index in [4.69, 9.17) is 0 Å². The summed E-state index contributed by atoms with van der Waals surface area (Å²) in [5, 5.41) is 2.70. The van der Waals surface area contributed by atoms with E-state index in [2.05, 4.69) is 21.2 Å². The molecule has 0 aliphatic carbocycles. The van der Waals surface area contributed by atoms with Crippen LogP contribution >= 0.6 is 15.9 Å². The summed E-state index contributed by atoms with van der Waals surface area (Å²) in [6.45, 7) is 1.43. The molecular weight excluding hydrogens is 411 g/mol. The highest BCUT2D eigenvalue weighted by Gasteiger charge is 2.23. The number of nitrogens with zero attached hydrogens (tertiary/aromatic N) is 1. The Morgan fingerprint density at radius 1 is 1.16 bits per heavy atom. The fourth-order valence-corrected chi connectivity index (χ4v) is 3.59. The lowest BCUT2D eigenvalue weighted by Crippen LogP contribution is -2.39. The van der Waals surface area contributed by atoms with Crippen LogP contribution in [0.5, 0.6) is 0 Å². The molecule has 0 aliphatic heterocycles. The Morgan fingerprint density at radius 3 is 2.28 bits per heavy atom. The monoisotopic (exact) mass is 428 g/mol. The highest BCUT2D eigenvalue weighted by molar-refractivity contribution is 9.10. The quantitative estimate of drug-likeness (QED) is 0.768. The average molecular weight is 429 g/mol. The van der Waals surface area contributed by atoms with E-state index >= 15 is 0 Å². The molecule has 8 heteroatoms. The van der Waals surface area contributed by atoms with Gasteiger partial charge in [-0.2, -0.15) is 4.31 Å². The van der Waals surface area contributed by atoms with Gasteiger partial charge in [-0.25, -0.2) is 12.8 Å². The van der Waals surface area contributed by atoms with Gasteiger partial charge in [-0.1, -0.05) is 28.1 Å². The first-order chi connectivity index (χ1) is 11.7. The second-order valence-electron chi connectivity index (χ2n) is 5.56. The molecule has 2 aromatic carbocycles. The Balaban J connectivity index is 2.01. The highest BCUT2D eigenvalue weighted by atomic mass is 79.9. The van der Waals surface area contributed by atoms with Gasteiger partial charge in [0, 0.05) is 11.5 Å². The van der Waals surface area contributed by atoms with Crippen LogP contribution in [0.3, 0.4) is 0 Å². The molecule has 0 fully saturated rings. The Kier molecular flexibility index (Phi) is 6.31. The van der Waals surface area contributed by atoms with Crippen molar-refractivity contribution in [2.24, 2.45) is 0 Å². The Hall–Kier alpha value is -1.77. The normalized spacial score (nSPS) is 12.8. The topological polar surface area (TPSA) is 66.5 Å². The highest BCUT2D eigenvalue weighted by Crippen LogP contribution is 2.18. The summed E-state index contributed by atoms with van der Waals surface area (Å²) in [5.74, 6) is -0.803. The van der Waals surface area contributed by atoms with E-state index in [0.717, 1.165) is 14.3 Å². The number of carbonyl (C=O) groups excluding carboxylic acids is 1. The molecule has 5 nitrogen and oxygen atoms in total. The molecule has 0 unspecified atom stereocenters. The average Bonchev–Trinajstić information content (AvgIpc) is 2.55. The first-order valence-corrected chi connectivity index (χ1v) is 9.70. The van der Waals surface area contributed by atoms with Gasteiger partial charge in [-0.05, 0) is 48.9 Å². The molecule has 1 N–H and O–H groups in total. The summed E-state index contributed by atoms with van der Waals surface area (Å²) >= 11 is 3.25. The van der Waals surface area contributed by atoms with Crippen molar-refractivity contribution in [2.45, 2.75) is 17.9 Å². The van der Waals surface area contributed by atoms with Gasteiger partial charge in [0.25, 0.3) is 0 Å². The van der Waals surface area contributed by atoms with Crippen LogP contribution in [0.25, 0.3) is 0 Å². The van der Waals surface area contributed by atoms with Crippen molar-refractivity contribution in [3.63, 3.8) is 0 Å². The largest absolute Gasteiger partial charge is 0.348 e. The second-order valence-corrected chi connectivity index (χ2v) is 8.52. The predicted octanol–water partition coefficient (Wildman–Crippen LogP) is 3.09. The summed E-state index contributed by atoms with van der Waals surface area (Å²) in [4.78, 5) is 12.2. The maximum Gasteiger partial charge on any atom is 0.243 e. The van der Waals surface area contributed by atoms with Crippen molar-refractivity contribution in [3.05, 3.63) is 64.4 Å². The van der Waals surface area contributed by atoms with Gasteiger partial charge >= 0.3 is 0 Å².